The first-order valence-corrected chi connectivity index (χ1v) is 5.14. The van der Waals surface area contributed by atoms with Crippen LogP contribution in [0.1, 0.15) is 0 Å². The van der Waals surface area contributed by atoms with Gasteiger partial charge in [0.1, 0.15) is 0 Å². The van der Waals surface area contributed by atoms with Crippen LogP contribution in [0, 0.1) is 5.92 Å². The van der Waals surface area contributed by atoms with Gasteiger partial charge in [0, 0.05) is 39.8 Å². The van der Waals surface area contributed by atoms with Crippen molar-refractivity contribution in [2.45, 2.75) is 0 Å². The van der Waals surface area contributed by atoms with Crippen LogP contribution >= 0.6 is 0 Å². The largest absolute Gasteiger partial charge is 0.383 e. The van der Waals surface area contributed by atoms with E-state index in [9.17, 15) is 0 Å². The third-order valence-electron chi connectivity index (χ3n) is 2.43. The molecule has 4 heteroatoms. The Hall–Kier alpha value is -0.160. The molecule has 0 saturated carbocycles. The summed E-state index contributed by atoms with van der Waals surface area (Å²) in [5, 5.41) is 0. The number of likely N-dealkylation sites (tertiary alicyclic amines) is 1. The lowest BCUT2D eigenvalue weighted by Gasteiger charge is -2.38. The third-order valence-corrected chi connectivity index (χ3v) is 2.43. The molecule has 1 fully saturated rings. The molecular formula is C10H21NO3. The molecule has 0 aromatic carbocycles. The zero-order valence-electron chi connectivity index (χ0n) is 9.20. The van der Waals surface area contributed by atoms with E-state index in [1.54, 1.807) is 14.2 Å². The van der Waals surface area contributed by atoms with Gasteiger partial charge in [-0.1, -0.05) is 0 Å². The van der Waals surface area contributed by atoms with Crippen LogP contribution < -0.4 is 0 Å². The predicted octanol–water partition coefficient (Wildman–Crippen LogP) is 0.228. The molecule has 0 aromatic heterocycles. The van der Waals surface area contributed by atoms with Crippen LogP contribution in [0.5, 0.6) is 0 Å². The average molecular weight is 203 g/mol. The quantitative estimate of drug-likeness (QED) is 0.528. The molecule has 0 radical (unpaired) electrons. The normalized spacial score (nSPS) is 18.4. The van der Waals surface area contributed by atoms with Crippen LogP contribution in [-0.4, -0.2) is 65.2 Å². The van der Waals surface area contributed by atoms with E-state index < -0.39 is 0 Å². The van der Waals surface area contributed by atoms with Crippen molar-refractivity contribution in [2.24, 2.45) is 5.92 Å². The van der Waals surface area contributed by atoms with E-state index in [1.807, 2.05) is 0 Å². The Morgan fingerprint density at radius 2 is 1.79 bits per heavy atom. The summed E-state index contributed by atoms with van der Waals surface area (Å²) in [7, 11) is 3.43. The van der Waals surface area contributed by atoms with Crippen molar-refractivity contribution in [2.75, 3.05) is 60.3 Å². The second-order valence-corrected chi connectivity index (χ2v) is 3.69. The molecule has 1 rings (SSSR count). The lowest BCUT2D eigenvalue weighted by molar-refractivity contribution is -0.00904. The van der Waals surface area contributed by atoms with Crippen LogP contribution in [0.2, 0.25) is 0 Å². The SMILES string of the molecule is COCCOCC1CN(CCOC)C1. The molecule has 0 spiro atoms. The minimum absolute atomic E-state index is 0.695. The van der Waals surface area contributed by atoms with Crippen molar-refractivity contribution in [3.63, 3.8) is 0 Å². The highest BCUT2D eigenvalue weighted by Gasteiger charge is 2.25. The van der Waals surface area contributed by atoms with Crippen LogP contribution in [0.3, 0.4) is 0 Å². The molecule has 14 heavy (non-hydrogen) atoms. The zero-order chi connectivity index (χ0) is 10.2. The molecule has 0 unspecified atom stereocenters. The molecule has 1 aliphatic heterocycles. The Kier molecular flexibility index (Phi) is 6.10. The molecule has 1 aliphatic rings. The van der Waals surface area contributed by atoms with Crippen molar-refractivity contribution in [3.05, 3.63) is 0 Å². The first-order valence-electron chi connectivity index (χ1n) is 5.14. The highest BCUT2D eigenvalue weighted by atomic mass is 16.5. The second-order valence-electron chi connectivity index (χ2n) is 3.69. The van der Waals surface area contributed by atoms with Crippen molar-refractivity contribution in [1.82, 2.24) is 4.90 Å². The van der Waals surface area contributed by atoms with Gasteiger partial charge in [-0.25, -0.2) is 0 Å². The summed E-state index contributed by atoms with van der Waals surface area (Å²) < 4.78 is 15.4. The molecule has 0 bridgehead atoms. The summed E-state index contributed by atoms with van der Waals surface area (Å²) in [5.74, 6) is 0.712. The molecule has 0 N–H and O–H groups in total. The van der Waals surface area contributed by atoms with Crippen molar-refractivity contribution in [1.29, 1.82) is 0 Å². The monoisotopic (exact) mass is 203 g/mol. The van der Waals surface area contributed by atoms with E-state index in [2.05, 4.69) is 4.90 Å². The first kappa shape index (κ1) is 11.9. The summed E-state index contributed by atoms with van der Waals surface area (Å²) >= 11 is 0. The van der Waals surface area contributed by atoms with E-state index in [1.165, 1.54) is 0 Å². The van der Waals surface area contributed by atoms with Gasteiger partial charge in [-0.2, -0.15) is 0 Å². The van der Waals surface area contributed by atoms with Gasteiger partial charge in [-0.3, -0.25) is 0 Å². The van der Waals surface area contributed by atoms with Gasteiger partial charge < -0.3 is 19.1 Å². The van der Waals surface area contributed by atoms with E-state index in [-0.39, 0.29) is 0 Å². The molecule has 0 amide bonds. The van der Waals surface area contributed by atoms with Crippen LogP contribution in [0.15, 0.2) is 0 Å². The Balaban J connectivity index is 1.84. The molecule has 4 nitrogen and oxygen atoms in total. The van der Waals surface area contributed by atoms with Gasteiger partial charge in [0.15, 0.2) is 0 Å². The molecule has 84 valence electrons. The number of methoxy groups -OCH3 is 2. The van der Waals surface area contributed by atoms with Crippen LogP contribution in [0.4, 0.5) is 0 Å². The Bertz CT molecular complexity index is 135. The molecule has 1 heterocycles. The summed E-state index contributed by atoms with van der Waals surface area (Å²) in [6.45, 7) is 6.45. The van der Waals surface area contributed by atoms with Gasteiger partial charge in [0.2, 0.25) is 0 Å². The van der Waals surface area contributed by atoms with Crippen LogP contribution in [0.25, 0.3) is 0 Å². The van der Waals surface area contributed by atoms with Crippen LogP contribution in [-0.2, 0) is 14.2 Å². The number of nitrogens with zero attached hydrogens (tertiary/aromatic N) is 1. The molecule has 1 saturated heterocycles. The van der Waals surface area contributed by atoms with Crippen molar-refractivity contribution >= 4 is 0 Å². The number of hydrogen-bond acceptors (Lipinski definition) is 4. The molecular weight excluding hydrogens is 182 g/mol. The summed E-state index contributed by atoms with van der Waals surface area (Å²) in [6.07, 6.45) is 0. The van der Waals surface area contributed by atoms with E-state index in [4.69, 9.17) is 14.2 Å². The summed E-state index contributed by atoms with van der Waals surface area (Å²) in [6, 6.07) is 0. The maximum absolute atomic E-state index is 5.45. The minimum Gasteiger partial charge on any atom is -0.383 e. The molecule has 0 atom stereocenters. The average Bonchev–Trinajstić information content (AvgIpc) is 2.14. The Labute approximate surface area is 86.1 Å². The summed E-state index contributed by atoms with van der Waals surface area (Å²) in [4.78, 5) is 2.38. The van der Waals surface area contributed by atoms with Gasteiger partial charge >= 0.3 is 0 Å². The topological polar surface area (TPSA) is 30.9 Å². The van der Waals surface area contributed by atoms with Crippen molar-refractivity contribution in [3.8, 4) is 0 Å². The first-order chi connectivity index (χ1) is 6.86. The van der Waals surface area contributed by atoms with Gasteiger partial charge in [0.25, 0.3) is 0 Å². The highest BCUT2D eigenvalue weighted by molar-refractivity contribution is 4.79. The Morgan fingerprint density at radius 3 is 2.43 bits per heavy atom. The fourth-order valence-corrected chi connectivity index (χ4v) is 1.58. The van der Waals surface area contributed by atoms with E-state index >= 15 is 0 Å². The number of hydrogen-bond donors (Lipinski definition) is 0. The van der Waals surface area contributed by atoms with Crippen molar-refractivity contribution < 1.29 is 14.2 Å². The van der Waals surface area contributed by atoms with Gasteiger partial charge in [-0.05, 0) is 0 Å². The van der Waals surface area contributed by atoms with E-state index in [0.29, 0.717) is 19.1 Å². The third kappa shape index (κ3) is 4.37. The lowest BCUT2D eigenvalue weighted by atomic mass is 10.0. The predicted molar refractivity (Wildman–Crippen MR) is 54.5 cm³/mol. The number of ether oxygens (including phenoxy) is 3. The standard InChI is InChI=1S/C10H21NO3/c1-12-4-3-11-7-10(8-11)9-14-6-5-13-2/h10H,3-9H2,1-2H3. The maximum atomic E-state index is 5.45. The fraction of sp³-hybridized carbons (Fsp3) is 1.00. The number of rotatable bonds is 8. The second kappa shape index (κ2) is 7.17. The Morgan fingerprint density at radius 1 is 1.07 bits per heavy atom. The lowest BCUT2D eigenvalue weighted by Crippen LogP contribution is -2.49. The smallest absolute Gasteiger partial charge is 0.0700 e. The van der Waals surface area contributed by atoms with Gasteiger partial charge in [0.05, 0.1) is 26.4 Å². The molecule has 0 aromatic rings. The van der Waals surface area contributed by atoms with Gasteiger partial charge in [-0.15, -0.1) is 0 Å². The minimum atomic E-state index is 0.695. The fourth-order valence-electron chi connectivity index (χ4n) is 1.58. The highest BCUT2D eigenvalue weighted by Crippen LogP contribution is 2.14. The zero-order valence-corrected chi connectivity index (χ0v) is 9.20. The summed E-state index contributed by atoms with van der Waals surface area (Å²) in [5.41, 5.74) is 0. The van der Waals surface area contributed by atoms with E-state index in [0.717, 1.165) is 32.8 Å². The molecule has 0 aliphatic carbocycles. The maximum Gasteiger partial charge on any atom is 0.0700 e.